The maximum atomic E-state index is 11.7. The molecule has 0 aromatic rings. The van der Waals surface area contributed by atoms with Gasteiger partial charge in [0.05, 0.1) is 14.2 Å². The van der Waals surface area contributed by atoms with Crippen molar-refractivity contribution >= 4 is 24.1 Å². The Labute approximate surface area is 138 Å². The van der Waals surface area contributed by atoms with Crippen molar-refractivity contribution < 1.29 is 38.9 Å². The van der Waals surface area contributed by atoms with Gasteiger partial charge in [0.15, 0.2) is 0 Å². The van der Waals surface area contributed by atoms with E-state index in [-0.39, 0.29) is 12.1 Å². The molecule has 1 saturated carbocycles. The Balaban J connectivity index is 2.74. The lowest BCUT2D eigenvalue weighted by Gasteiger charge is -2.38. The molecule has 1 rings (SSSR count). The molecule has 1 fully saturated rings. The minimum atomic E-state index is -1.15. The molecule has 0 bridgehead atoms. The Kier molecular flexibility index (Phi) is 7.28. The van der Waals surface area contributed by atoms with Crippen molar-refractivity contribution in [2.24, 2.45) is 0 Å². The van der Waals surface area contributed by atoms with Gasteiger partial charge in [0.25, 0.3) is 0 Å². The molecule has 0 spiro atoms. The smallest absolute Gasteiger partial charge is 0.410 e. The highest BCUT2D eigenvalue weighted by atomic mass is 16.5. The van der Waals surface area contributed by atoms with Crippen molar-refractivity contribution in [2.45, 2.75) is 37.8 Å². The third-order valence-electron chi connectivity index (χ3n) is 3.98. The molecule has 0 radical (unpaired) electrons. The lowest BCUT2D eigenvalue weighted by Crippen LogP contribution is -2.50. The van der Waals surface area contributed by atoms with E-state index in [1.165, 1.54) is 14.2 Å². The van der Waals surface area contributed by atoms with Crippen LogP contribution >= 0.6 is 0 Å². The number of carboxylic acid groups (broad SMARTS) is 2. The summed E-state index contributed by atoms with van der Waals surface area (Å²) in [6, 6.07) is -0.678. The van der Waals surface area contributed by atoms with Gasteiger partial charge < -0.3 is 19.7 Å². The number of aliphatic carboxylic acids is 2. The molecular formula is C14H22N2O8. The van der Waals surface area contributed by atoms with Gasteiger partial charge in [-0.05, 0) is 25.7 Å². The molecule has 0 heterocycles. The van der Waals surface area contributed by atoms with Crippen molar-refractivity contribution in [3.05, 3.63) is 0 Å². The lowest BCUT2D eigenvalue weighted by molar-refractivity contribution is -0.140. The molecule has 2 N–H and O–H groups in total. The first-order valence-electron chi connectivity index (χ1n) is 7.42. The topological polar surface area (TPSA) is 134 Å². The third kappa shape index (κ3) is 5.28. The second-order valence-corrected chi connectivity index (χ2v) is 5.45. The highest BCUT2D eigenvalue weighted by Crippen LogP contribution is 2.27. The maximum Gasteiger partial charge on any atom is 0.410 e. The number of ether oxygens (including phenoxy) is 2. The summed E-state index contributed by atoms with van der Waals surface area (Å²) in [5, 5.41) is 17.8. The standard InChI is InChI=1S/C14H22N2O8/c1-23-13(21)15(7-11(17)18)9-3-5-10(6-4-9)16(8-12(19)20)14(22)24-2/h9-10H,3-8H2,1-2H3,(H,17,18)(H,19,20). The summed E-state index contributed by atoms with van der Waals surface area (Å²) in [7, 11) is 2.35. The first kappa shape index (κ1) is 19.5. The van der Waals surface area contributed by atoms with Crippen molar-refractivity contribution in [1.82, 2.24) is 9.80 Å². The van der Waals surface area contributed by atoms with E-state index < -0.39 is 37.2 Å². The molecule has 0 unspecified atom stereocenters. The Morgan fingerprint density at radius 2 is 1.08 bits per heavy atom. The molecule has 1 aliphatic rings. The van der Waals surface area contributed by atoms with Crippen LogP contribution in [0.5, 0.6) is 0 Å². The van der Waals surface area contributed by atoms with Crippen LogP contribution in [-0.4, -0.2) is 83.5 Å². The van der Waals surface area contributed by atoms with E-state index >= 15 is 0 Å². The van der Waals surface area contributed by atoms with Crippen LogP contribution in [-0.2, 0) is 19.1 Å². The number of hydrogen-bond acceptors (Lipinski definition) is 6. The van der Waals surface area contributed by atoms with E-state index in [4.69, 9.17) is 10.2 Å². The van der Waals surface area contributed by atoms with Crippen molar-refractivity contribution in [1.29, 1.82) is 0 Å². The van der Waals surface area contributed by atoms with E-state index in [0.717, 1.165) is 9.80 Å². The summed E-state index contributed by atoms with van der Waals surface area (Å²) >= 11 is 0. The molecule has 0 atom stereocenters. The van der Waals surface area contributed by atoms with Crippen molar-refractivity contribution in [3.63, 3.8) is 0 Å². The third-order valence-corrected chi connectivity index (χ3v) is 3.98. The van der Waals surface area contributed by atoms with Gasteiger partial charge in [0.1, 0.15) is 13.1 Å². The van der Waals surface area contributed by atoms with Gasteiger partial charge in [-0.25, -0.2) is 9.59 Å². The van der Waals surface area contributed by atoms with Crippen LogP contribution in [0.4, 0.5) is 9.59 Å². The molecule has 0 saturated heterocycles. The first-order valence-corrected chi connectivity index (χ1v) is 7.42. The van der Waals surface area contributed by atoms with E-state index in [1.54, 1.807) is 0 Å². The van der Waals surface area contributed by atoms with Crippen molar-refractivity contribution in [3.8, 4) is 0 Å². The molecule has 136 valence electrons. The second-order valence-electron chi connectivity index (χ2n) is 5.45. The quantitative estimate of drug-likeness (QED) is 0.714. The van der Waals surface area contributed by atoms with E-state index in [9.17, 15) is 19.2 Å². The zero-order chi connectivity index (χ0) is 18.3. The van der Waals surface area contributed by atoms with Gasteiger partial charge in [-0.15, -0.1) is 0 Å². The van der Waals surface area contributed by atoms with Gasteiger partial charge in [-0.3, -0.25) is 19.4 Å². The van der Waals surface area contributed by atoms with Gasteiger partial charge in [-0.2, -0.15) is 0 Å². The Hall–Kier alpha value is -2.52. The molecule has 1 aliphatic carbocycles. The van der Waals surface area contributed by atoms with Crippen LogP contribution in [0, 0.1) is 0 Å². The molecule has 10 nitrogen and oxygen atoms in total. The lowest BCUT2D eigenvalue weighted by atomic mass is 9.89. The fourth-order valence-electron chi connectivity index (χ4n) is 2.89. The Bertz CT molecular complexity index is 443. The molecule has 0 aromatic carbocycles. The summed E-state index contributed by atoms with van der Waals surface area (Å²) in [6.07, 6.45) is 0.271. The highest BCUT2D eigenvalue weighted by Gasteiger charge is 2.35. The number of carboxylic acids is 2. The van der Waals surface area contributed by atoms with Crippen LogP contribution in [0.1, 0.15) is 25.7 Å². The number of amides is 2. The average Bonchev–Trinajstić information content (AvgIpc) is 2.56. The molecule has 0 aliphatic heterocycles. The summed E-state index contributed by atoms with van der Waals surface area (Å²) in [4.78, 5) is 47.6. The molecule has 2 amide bonds. The van der Waals surface area contributed by atoms with Gasteiger partial charge in [0.2, 0.25) is 0 Å². The van der Waals surface area contributed by atoms with Crippen LogP contribution in [0.2, 0.25) is 0 Å². The van der Waals surface area contributed by atoms with Crippen LogP contribution in [0.25, 0.3) is 0 Å². The van der Waals surface area contributed by atoms with E-state index in [0.29, 0.717) is 25.7 Å². The SMILES string of the molecule is COC(=O)N(CC(=O)O)C1CCC(N(CC(=O)O)C(=O)OC)CC1. The second kappa shape index (κ2) is 8.94. The van der Waals surface area contributed by atoms with E-state index in [1.807, 2.05) is 0 Å². The summed E-state index contributed by atoms with van der Waals surface area (Å²) < 4.78 is 9.22. The predicted octanol–water partition coefficient (Wildman–Crippen LogP) is 0.604. The number of methoxy groups -OCH3 is 2. The summed E-state index contributed by atoms with van der Waals surface area (Å²) in [5.41, 5.74) is 0. The first-order chi connectivity index (χ1) is 11.3. The fourth-order valence-corrected chi connectivity index (χ4v) is 2.89. The number of nitrogens with zero attached hydrogens (tertiary/aromatic N) is 2. The van der Waals surface area contributed by atoms with Crippen LogP contribution in [0.3, 0.4) is 0 Å². The summed E-state index contributed by atoms with van der Waals surface area (Å²) in [6.45, 7) is -0.949. The molecule has 24 heavy (non-hydrogen) atoms. The number of carbonyl (C=O) groups is 4. The highest BCUT2D eigenvalue weighted by molar-refractivity contribution is 5.77. The maximum absolute atomic E-state index is 11.7. The molecule has 10 heteroatoms. The monoisotopic (exact) mass is 346 g/mol. The Morgan fingerprint density at radius 1 is 0.792 bits per heavy atom. The van der Waals surface area contributed by atoms with Gasteiger partial charge >= 0.3 is 24.1 Å². The molecule has 0 aromatic heterocycles. The predicted molar refractivity (Wildman–Crippen MR) is 79.5 cm³/mol. The average molecular weight is 346 g/mol. The largest absolute Gasteiger partial charge is 0.480 e. The van der Waals surface area contributed by atoms with Crippen LogP contribution < -0.4 is 0 Å². The summed E-state index contributed by atoms with van der Waals surface area (Å²) in [5.74, 6) is -2.30. The van der Waals surface area contributed by atoms with Gasteiger partial charge in [-0.1, -0.05) is 0 Å². The minimum Gasteiger partial charge on any atom is -0.480 e. The fraction of sp³-hybridized carbons (Fsp3) is 0.714. The zero-order valence-corrected chi connectivity index (χ0v) is 13.6. The number of rotatable bonds is 6. The number of hydrogen-bond donors (Lipinski definition) is 2. The van der Waals surface area contributed by atoms with Crippen molar-refractivity contribution in [2.75, 3.05) is 27.3 Å². The Morgan fingerprint density at radius 3 is 1.29 bits per heavy atom. The molecular weight excluding hydrogens is 324 g/mol. The minimum absolute atomic E-state index is 0.339. The van der Waals surface area contributed by atoms with Crippen LogP contribution in [0.15, 0.2) is 0 Å². The number of carbonyl (C=O) groups excluding carboxylic acids is 2. The zero-order valence-electron chi connectivity index (χ0n) is 13.6. The normalized spacial score (nSPS) is 19.9. The van der Waals surface area contributed by atoms with Gasteiger partial charge in [0, 0.05) is 12.1 Å². The van der Waals surface area contributed by atoms with E-state index in [2.05, 4.69) is 9.47 Å².